The fraction of sp³-hybridized carbons (Fsp3) is 0.889. The maximum atomic E-state index is 12.4. The van der Waals surface area contributed by atoms with E-state index < -0.39 is 0 Å². The molecule has 0 aromatic rings. The molecule has 0 saturated carbocycles. The van der Waals surface area contributed by atoms with Crippen LogP contribution in [-0.4, -0.2) is 66.7 Å². The van der Waals surface area contributed by atoms with Gasteiger partial charge in [-0.1, -0.05) is 6.42 Å². The van der Waals surface area contributed by atoms with Gasteiger partial charge in [0.2, 0.25) is 0 Å². The van der Waals surface area contributed by atoms with Crippen LogP contribution in [0.15, 0.2) is 0 Å². The quantitative estimate of drug-likeness (QED) is 0.780. The summed E-state index contributed by atoms with van der Waals surface area (Å²) in [4.78, 5) is 28.5. The van der Waals surface area contributed by atoms with Gasteiger partial charge in [0.05, 0.1) is 12.5 Å². The second-order valence-electron chi connectivity index (χ2n) is 7.53. The Hall–Kier alpha value is -1.30. The van der Waals surface area contributed by atoms with E-state index in [1.54, 1.807) is 0 Å². The van der Waals surface area contributed by atoms with Crippen molar-refractivity contribution in [2.45, 2.75) is 58.4 Å². The minimum Gasteiger partial charge on any atom is -0.466 e. The highest BCUT2D eigenvalue weighted by Crippen LogP contribution is 2.21. The van der Waals surface area contributed by atoms with Crippen LogP contribution in [-0.2, 0) is 9.53 Å². The van der Waals surface area contributed by atoms with Crippen molar-refractivity contribution in [1.29, 1.82) is 0 Å². The van der Waals surface area contributed by atoms with Crippen LogP contribution in [0, 0.1) is 5.92 Å². The van der Waals surface area contributed by atoms with E-state index >= 15 is 0 Å². The maximum absolute atomic E-state index is 12.4. The van der Waals surface area contributed by atoms with Crippen molar-refractivity contribution in [3.8, 4) is 0 Å². The van der Waals surface area contributed by atoms with E-state index in [0.717, 1.165) is 13.1 Å². The molecule has 2 aliphatic heterocycles. The molecule has 0 bridgehead atoms. The highest BCUT2D eigenvalue weighted by Gasteiger charge is 2.31. The number of amides is 2. The van der Waals surface area contributed by atoms with Crippen LogP contribution >= 0.6 is 0 Å². The van der Waals surface area contributed by atoms with Crippen molar-refractivity contribution < 1.29 is 14.3 Å². The average molecular weight is 339 g/mol. The van der Waals surface area contributed by atoms with Gasteiger partial charge in [0.1, 0.15) is 0 Å². The summed E-state index contributed by atoms with van der Waals surface area (Å²) in [5.74, 6) is -0.178. The van der Waals surface area contributed by atoms with Crippen LogP contribution in [0.2, 0.25) is 0 Å². The van der Waals surface area contributed by atoms with Gasteiger partial charge < -0.3 is 15.0 Å². The van der Waals surface area contributed by atoms with Gasteiger partial charge in [0, 0.05) is 25.2 Å². The van der Waals surface area contributed by atoms with E-state index in [2.05, 4.69) is 24.1 Å². The highest BCUT2D eigenvalue weighted by molar-refractivity contribution is 5.76. The third-order valence-corrected chi connectivity index (χ3v) is 5.29. The summed E-state index contributed by atoms with van der Waals surface area (Å²) in [6, 6.07) is -0.0117. The first-order valence-corrected chi connectivity index (χ1v) is 9.38. The number of likely N-dealkylation sites (tertiary alicyclic amines) is 2. The minimum atomic E-state index is -0.121. The molecule has 138 valence electrons. The van der Waals surface area contributed by atoms with Gasteiger partial charge in [-0.3, -0.25) is 9.69 Å². The van der Waals surface area contributed by atoms with Gasteiger partial charge in [-0.25, -0.2) is 4.79 Å². The Morgan fingerprint density at radius 1 is 1.08 bits per heavy atom. The van der Waals surface area contributed by atoms with Gasteiger partial charge in [0.15, 0.2) is 0 Å². The van der Waals surface area contributed by atoms with Crippen molar-refractivity contribution in [3.63, 3.8) is 0 Å². The van der Waals surface area contributed by atoms with Crippen LogP contribution in [0.5, 0.6) is 0 Å². The number of nitrogens with one attached hydrogen (secondary N) is 1. The van der Waals surface area contributed by atoms with E-state index in [-0.39, 0.29) is 23.5 Å². The number of carbonyl (C=O) groups excluding carboxylic acids is 2. The van der Waals surface area contributed by atoms with Gasteiger partial charge in [-0.2, -0.15) is 0 Å². The molecule has 2 saturated heterocycles. The van der Waals surface area contributed by atoms with Crippen molar-refractivity contribution >= 4 is 12.0 Å². The first kappa shape index (κ1) is 19.0. The molecular weight excluding hydrogens is 306 g/mol. The molecule has 0 radical (unpaired) electrons. The summed E-state index contributed by atoms with van der Waals surface area (Å²) >= 11 is 0. The molecule has 0 aliphatic carbocycles. The standard InChI is InChI=1S/C18H33N3O3/c1-4-24-16(22)15-8-12-20(13-9-15)17(23)19-14-18(2,3)21-10-6-5-7-11-21/h15H,4-14H2,1-3H3,(H,19,23). The van der Waals surface area contributed by atoms with E-state index in [9.17, 15) is 9.59 Å². The number of hydrogen-bond acceptors (Lipinski definition) is 4. The predicted octanol–water partition coefficient (Wildman–Crippen LogP) is 2.24. The lowest BCUT2D eigenvalue weighted by molar-refractivity contribution is -0.149. The summed E-state index contributed by atoms with van der Waals surface area (Å²) < 4.78 is 5.07. The largest absolute Gasteiger partial charge is 0.466 e. The minimum absolute atomic E-state index is 0.0117. The molecule has 0 spiro atoms. The molecule has 1 N–H and O–H groups in total. The number of esters is 1. The molecule has 2 rings (SSSR count). The summed E-state index contributed by atoms with van der Waals surface area (Å²) in [7, 11) is 0. The Balaban J connectivity index is 1.74. The molecule has 0 aromatic heterocycles. The fourth-order valence-electron chi connectivity index (χ4n) is 3.59. The molecule has 2 amide bonds. The van der Waals surface area contributed by atoms with E-state index in [1.165, 1.54) is 19.3 Å². The van der Waals surface area contributed by atoms with Crippen LogP contribution in [0.3, 0.4) is 0 Å². The lowest BCUT2D eigenvalue weighted by atomic mass is 9.97. The molecule has 24 heavy (non-hydrogen) atoms. The molecular formula is C18H33N3O3. The maximum Gasteiger partial charge on any atom is 0.317 e. The van der Waals surface area contributed by atoms with Crippen molar-refractivity contribution in [2.24, 2.45) is 5.92 Å². The van der Waals surface area contributed by atoms with Gasteiger partial charge in [-0.05, 0) is 59.5 Å². The van der Waals surface area contributed by atoms with Crippen molar-refractivity contribution in [1.82, 2.24) is 15.1 Å². The third-order valence-electron chi connectivity index (χ3n) is 5.29. The lowest BCUT2D eigenvalue weighted by Crippen LogP contribution is -2.55. The van der Waals surface area contributed by atoms with E-state index in [0.29, 0.717) is 39.1 Å². The fourth-order valence-corrected chi connectivity index (χ4v) is 3.59. The van der Waals surface area contributed by atoms with E-state index in [4.69, 9.17) is 4.74 Å². The summed E-state index contributed by atoms with van der Waals surface area (Å²) in [6.07, 6.45) is 5.20. The van der Waals surface area contributed by atoms with Crippen LogP contribution < -0.4 is 5.32 Å². The number of urea groups is 1. The second-order valence-corrected chi connectivity index (χ2v) is 7.53. The molecule has 0 atom stereocenters. The van der Waals surface area contributed by atoms with E-state index in [1.807, 2.05) is 11.8 Å². The zero-order valence-corrected chi connectivity index (χ0v) is 15.5. The smallest absolute Gasteiger partial charge is 0.317 e. The Bertz CT molecular complexity index is 425. The molecule has 2 aliphatic rings. The van der Waals surface area contributed by atoms with Crippen molar-refractivity contribution in [3.05, 3.63) is 0 Å². The molecule has 6 nitrogen and oxygen atoms in total. The monoisotopic (exact) mass is 339 g/mol. The number of rotatable bonds is 5. The first-order valence-electron chi connectivity index (χ1n) is 9.38. The molecule has 6 heteroatoms. The summed E-state index contributed by atoms with van der Waals surface area (Å²) in [5, 5.41) is 3.09. The zero-order chi connectivity index (χ0) is 17.6. The van der Waals surface area contributed by atoms with Crippen molar-refractivity contribution in [2.75, 3.05) is 39.3 Å². The molecule has 2 fully saturated rings. The highest BCUT2D eigenvalue weighted by atomic mass is 16.5. The predicted molar refractivity (Wildman–Crippen MR) is 93.8 cm³/mol. The number of nitrogens with zero attached hydrogens (tertiary/aromatic N) is 2. The number of hydrogen-bond donors (Lipinski definition) is 1. The van der Waals surface area contributed by atoms with Gasteiger partial charge in [-0.15, -0.1) is 0 Å². The lowest BCUT2D eigenvalue weighted by Gasteiger charge is -2.41. The topological polar surface area (TPSA) is 61.9 Å². The van der Waals surface area contributed by atoms with Crippen LogP contribution in [0.4, 0.5) is 4.79 Å². The SMILES string of the molecule is CCOC(=O)C1CCN(C(=O)NCC(C)(C)N2CCCCC2)CC1. The zero-order valence-electron chi connectivity index (χ0n) is 15.5. The summed E-state index contributed by atoms with van der Waals surface area (Å²) in [5.41, 5.74) is -0.0145. The third kappa shape index (κ3) is 5.10. The average Bonchev–Trinajstić information content (AvgIpc) is 2.61. The Labute approximate surface area is 145 Å². The van der Waals surface area contributed by atoms with Crippen LogP contribution in [0.1, 0.15) is 52.9 Å². The van der Waals surface area contributed by atoms with Gasteiger partial charge in [0.25, 0.3) is 0 Å². The first-order chi connectivity index (χ1) is 11.4. The molecule has 2 heterocycles. The summed E-state index contributed by atoms with van der Waals surface area (Å²) in [6.45, 7) is 10.8. The van der Waals surface area contributed by atoms with Gasteiger partial charge >= 0.3 is 12.0 Å². The Morgan fingerprint density at radius 3 is 2.29 bits per heavy atom. The Kier molecular flexibility index (Phi) is 6.90. The normalized spacial score (nSPS) is 20.7. The number of carbonyl (C=O) groups is 2. The number of piperidine rings is 2. The second kappa shape index (κ2) is 8.70. The number of ether oxygens (including phenoxy) is 1. The Morgan fingerprint density at radius 2 is 1.71 bits per heavy atom. The molecule has 0 unspecified atom stereocenters. The molecule has 0 aromatic carbocycles. The van der Waals surface area contributed by atoms with Crippen LogP contribution in [0.25, 0.3) is 0 Å².